The quantitative estimate of drug-likeness (QED) is 0.845. The first-order valence-corrected chi connectivity index (χ1v) is 7.91. The summed E-state index contributed by atoms with van der Waals surface area (Å²) in [6.45, 7) is 5.45. The number of hydrogen-bond acceptors (Lipinski definition) is 3. The molecule has 1 atom stereocenters. The minimum atomic E-state index is -4.12. The number of hydrogen-bond donors (Lipinski definition) is 2. The van der Waals surface area contributed by atoms with Crippen molar-refractivity contribution < 1.29 is 17.2 Å². The molecular formula is C13H20F2N2O2S. The van der Waals surface area contributed by atoms with Gasteiger partial charge < -0.3 is 5.73 Å². The molecule has 0 radical (unpaired) electrons. The lowest BCUT2D eigenvalue weighted by Gasteiger charge is -2.21. The largest absolute Gasteiger partial charge is 0.326 e. The Balaban J connectivity index is 3.25. The molecule has 1 rings (SSSR count). The monoisotopic (exact) mass is 306 g/mol. The number of halogens is 2. The van der Waals surface area contributed by atoms with Crippen LogP contribution in [0.5, 0.6) is 0 Å². The molecule has 0 heterocycles. The van der Waals surface area contributed by atoms with Crippen molar-refractivity contribution >= 4 is 10.0 Å². The van der Waals surface area contributed by atoms with Crippen LogP contribution in [0.3, 0.4) is 0 Å². The minimum absolute atomic E-state index is 0.0420. The highest BCUT2D eigenvalue weighted by molar-refractivity contribution is 7.89. The molecule has 3 N–H and O–H groups in total. The van der Waals surface area contributed by atoms with Crippen LogP contribution >= 0.6 is 0 Å². The van der Waals surface area contributed by atoms with Crippen LogP contribution in [0.1, 0.15) is 32.8 Å². The van der Waals surface area contributed by atoms with Gasteiger partial charge in [-0.25, -0.2) is 21.9 Å². The third kappa shape index (κ3) is 3.74. The lowest BCUT2D eigenvalue weighted by molar-refractivity contribution is 0.432. The Morgan fingerprint density at radius 3 is 2.35 bits per heavy atom. The van der Waals surface area contributed by atoms with Gasteiger partial charge in [-0.3, -0.25) is 0 Å². The molecule has 0 aliphatic heterocycles. The van der Waals surface area contributed by atoms with E-state index in [9.17, 15) is 17.2 Å². The summed E-state index contributed by atoms with van der Waals surface area (Å²) < 4.78 is 53.9. The summed E-state index contributed by atoms with van der Waals surface area (Å²) >= 11 is 0. The van der Waals surface area contributed by atoms with Crippen molar-refractivity contribution in [2.75, 3.05) is 0 Å². The first-order valence-electron chi connectivity index (χ1n) is 6.43. The predicted molar refractivity (Wildman–Crippen MR) is 73.5 cm³/mol. The lowest BCUT2D eigenvalue weighted by Crippen LogP contribution is -2.38. The minimum Gasteiger partial charge on any atom is -0.326 e. The first-order chi connectivity index (χ1) is 9.22. The van der Waals surface area contributed by atoms with Gasteiger partial charge in [0.15, 0.2) is 11.6 Å². The van der Waals surface area contributed by atoms with Gasteiger partial charge in [0, 0.05) is 12.6 Å². The van der Waals surface area contributed by atoms with Crippen LogP contribution in [0.2, 0.25) is 0 Å². The molecule has 4 nitrogen and oxygen atoms in total. The Morgan fingerprint density at radius 1 is 1.30 bits per heavy atom. The van der Waals surface area contributed by atoms with E-state index in [4.69, 9.17) is 5.73 Å². The summed E-state index contributed by atoms with van der Waals surface area (Å²) in [6, 6.07) is 1.62. The van der Waals surface area contributed by atoms with Gasteiger partial charge in [0.1, 0.15) is 4.90 Å². The maximum absolute atomic E-state index is 13.7. The van der Waals surface area contributed by atoms with Crippen LogP contribution in [0.15, 0.2) is 17.0 Å². The topological polar surface area (TPSA) is 72.2 Å². The van der Waals surface area contributed by atoms with Crippen LogP contribution < -0.4 is 10.5 Å². The van der Waals surface area contributed by atoms with Crippen LogP contribution in [0, 0.1) is 17.6 Å². The zero-order chi connectivity index (χ0) is 15.5. The van der Waals surface area contributed by atoms with Crippen molar-refractivity contribution in [3.05, 3.63) is 29.3 Å². The van der Waals surface area contributed by atoms with Gasteiger partial charge in [-0.2, -0.15) is 0 Å². The Bertz CT molecular complexity index is 574. The number of rotatable bonds is 6. The second-order valence-electron chi connectivity index (χ2n) is 4.97. The average Bonchev–Trinajstić information content (AvgIpc) is 2.38. The number of benzene rings is 1. The van der Waals surface area contributed by atoms with E-state index in [1.807, 2.05) is 20.8 Å². The summed E-state index contributed by atoms with van der Waals surface area (Å²) in [4.78, 5) is -0.697. The molecule has 7 heteroatoms. The molecule has 0 amide bonds. The SMILES string of the molecule is CCC(NS(=O)(=O)c1cc(CN)cc(F)c1F)C(C)C. The van der Waals surface area contributed by atoms with Crippen molar-refractivity contribution in [1.29, 1.82) is 0 Å². The Morgan fingerprint density at radius 2 is 1.90 bits per heavy atom. The molecule has 1 aromatic carbocycles. The van der Waals surface area contributed by atoms with E-state index >= 15 is 0 Å². The smallest absolute Gasteiger partial charge is 0.243 e. The molecule has 1 aromatic rings. The van der Waals surface area contributed by atoms with E-state index in [-0.39, 0.29) is 24.1 Å². The molecule has 0 aliphatic carbocycles. The van der Waals surface area contributed by atoms with E-state index in [1.54, 1.807) is 0 Å². The van der Waals surface area contributed by atoms with Gasteiger partial charge in [0.25, 0.3) is 0 Å². The maximum atomic E-state index is 13.7. The van der Waals surface area contributed by atoms with Crippen LogP contribution in [0.4, 0.5) is 8.78 Å². The Labute approximate surface area is 118 Å². The van der Waals surface area contributed by atoms with E-state index < -0.39 is 26.6 Å². The first kappa shape index (κ1) is 17.0. The number of nitrogens with two attached hydrogens (primary N) is 1. The fraction of sp³-hybridized carbons (Fsp3) is 0.538. The molecule has 0 saturated carbocycles. The van der Waals surface area contributed by atoms with E-state index in [2.05, 4.69) is 4.72 Å². The van der Waals surface area contributed by atoms with Gasteiger partial charge in [-0.05, 0) is 30.0 Å². The number of nitrogens with one attached hydrogen (secondary N) is 1. The van der Waals surface area contributed by atoms with Crippen LogP contribution in [-0.4, -0.2) is 14.5 Å². The molecule has 20 heavy (non-hydrogen) atoms. The van der Waals surface area contributed by atoms with Gasteiger partial charge in [-0.1, -0.05) is 20.8 Å². The third-order valence-corrected chi connectivity index (χ3v) is 4.62. The highest BCUT2D eigenvalue weighted by atomic mass is 32.2. The second kappa shape index (κ2) is 6.60. The average molecular weight is 306 g/mol. The van der Waals surface area contributed by atoms with E-state index in [0.29, 0.717) is 6.42 Å². The summed E-state index contributed by atoms with van der Waals surface area (Å²) in [5, 5.41) is 0. The van der Waals surface area contributed by atoms with Crippen molar-refractivity contribution in [3.8, 4) is 0 Å². The summed E-state index contributed by atoms with van der Waals surface area (Å²) in [5.41, 5.74) is 5.58. The fourth-order valence-corrected chi connectivity index (χ4v) is 3.49. The predicted octanol–water partition coefficient (Wildman–Crippen LogP) is 2.14. The summed E-state index contributed by atoms with van der Waals surface area (Å²) in [5.74, 6) is -2.56. The normalized spacial score (nSPS) is 13.8. The van der Waals surface area contributed by atoms with E-state index in [1.165, 1.54) is 0 Å². The Hall–Kier alpha value is -1.05. The maximum Gasteiger partial charge on any atom is 0.243 e. The molecule has 0 saturated heterocycles. The second-order valence-corrected chi connectivity index (χ2v) is 6.66. The van der Waals surface area contributed by atoms with Crippen molar-refractivity contribution in [3.63, 3.8) is 0 Å². The van der Waals surface area contributed by atoms with Crippen molar-refractivity contribution in [1.82, 2.24) is 4.72 Å². The third-order valence-electron chi connectivity index (χ3n) is 3.13. The van der Waals surface area contributed by atoms with Gasteiger partial charge >= 0.3 is 0 Å². The molecule has 0 spiro atoms. The summed E-state index contributed by atoms with van der Waals surface area (Å²) in [6.07, 6.45) is 0.553. The standard InChI is InChI=1S/C13H20F2N2O2S/c1-4-11(8(2)3)17-20(18,19)12-6-9(7-16)5-10(14)13(12)15/h5-6,8,11,17H,4,7,16H2,1-3H3. The van der Waals surface area contributed by atoms with Gasteiger partial charge in [-0.15, -0.1) is 0 Å². The Kier molecular flexibility index (Phi) is 5.61. The van der Waals surface area contributed by atoms with Crippen LogP contribution in [-0.2, 0) is 16.6 Å². The summed E-state index contributed by atoms with van der Waals surface area (Å²) in [7, 11) is -4.12. The van der Waals surface area contributed by atoms with Crippen LogP contribution in [0.25, 0.3) is 0 Å². The zero-order valence-corrected chi connectivity index (χ0v) is 12.6. The highest BCUT2D eigenvalue weighted by Crippen LogP contribution is 2.21. The molecule has 0 bridgehead atoms. The van der Waals surface area contributed by atoms with Crippen molar-refractivity contribution in [2.24, 2.45) is 11.7 Å². The van der Waals surface area contributed by atoms with E-state index in [0.717, 1.165) is 12.1 Å². The fourth-order valence-electron chi connectivity index (χ4n) is 1.88. The molecular weight excluding hydrogens is 286 g/mol. The molecule has 0 aromatic heterocycles. The molecule has 0 fully saturated rings. The molecule has 1 unspecified atom stereocenters. The van der Waals surface area contributed by atoms with Gasteiger partial charge in [0.05, 0.1) is 0 Å². The molecule has 114 valence electrons. The van der Waals surface area contributed by atoms with Crippen molar-refractivity contribution in [2.45, 2.75) is 44.7 Å². The highest BCUT2D eigenvalue weighted by Gasteiger charge is 2.26. The number of sulfonamides is 1. The van der Waals surface area contributed by atoms with Gasteiger partial charge in [0.2, 0.25) is 10.0 Å². The lowest BCUT2D eigenvalue weighted by atomic mass is 10.0. The zero-order valence-electron chi connectivity index (χ0n) is 11.8. The molecule has 0 aliphatic rings.